The Bertz CT molecular complexity index is 447. The van der Waals surface area contributed by atoms with Gasteiger partial charge in [0.15, 0.2) is 0 Å². The van der Waals surface area contributed by atoms with Crippen molar-refractivity contribution in [2.45, 2.75) is 45.6 Å². The minimum absolute atomic E-state index is 0.280. The number of hydrogen-bond acceptors (Lipinski definition) is 3. The van der Waals surface area contributed by atoms with E-state index in [9.17, 15) is 0 Å². The molecule has 0 aliphatic heterocycles. The summed E-state index contributed by atoms with van der Waals surface area (Å²) in [6, 6.07) is 3.73. The summed E-state index contributed by atoms with van der Waals surface area (Å²) in [4.78, 5) is 4.79. The molecule has 2 rings (SSSR count). The number of thiocarbonyl (C=S) groups is 1. The lowest BCUT2D eigenvalue weighted by Gasteiger charge is -2.27. The maximum atomic E-state index is 5.97. The third-order valence-electron chi connectivity index (χ3n) is 3.39. The predicted molar refractivity (Wildman–Crippen MR) is 76.9 cm³/mol. The molecule has 0 aromatic carbocycles. The van der Waals surface area contributed by atoms with Gasteiger partial charge in [-0.2, -0.15) is 0 Å². The summed E-state index contributed by atoms with van der Waals surface area (Å²) >= 11 is 5.00. The molecule has 1 aliphatic rings. The van der Waals surface area contributed by atoms with Crippen molar-refractivity contribution in [2.75, 3.05) is 0 Å². The number of nitrogens with zero attached hydrogens (tertiary/aromatic N) is 1. The van der Waals surface area contributed by atoms with E-state index in [0.717, 1.165) is 30.0 Å². The van der Waals surface area contributed by atoms with Crippen LogP contribution < -0.4 is 10.5 Å². The van der Waals surface area contributed by atoms with Crippen LogP contribution in [0.15, 0.2) is 12.1 Å². The average Bonchev–Trinajstić information content (AvgIpc) is 2.28. The second-order valence-corrected chi connectivity index (χ2v) is 5.65. The van der Waals surface area contributed by atoms with Gasteiger partial charge in [0.1, 0.15) is 11.1 Å². The Labute approximate surface area is 114 Å². The Kier molecular flexibility index (Phi) is 4.17. The average molecular weight is 264 g/mol. The second kappa shape index (κ2) is 5.65. The molecule has 0 radical (unpaired) electrons. The zero-order valence-corrected chi connectivity index (χ0v) is 11.8. The third-order valence-corrected chi connectivity index (χ3v) is 3.63. The van der Waals surface area contributed by atoms with Crippen LogP contribution in [0.25, 0.3) is 0 Å². The maximum absolute atomic E-state index is 5.97. The van der Waals surface area contributed by atoms with Crippen LogP contribution in [0.2, 0.25) is 0 Å². The first-order valence-electron chi connectivity index (χ1n) is 6.49. The summed E-state index contributed by atoms with van der Waals surface area (Å²) in [7, 11) is 0. The largest absolute Gasteiger partial charge is 0.474 e. The Morgan fingerprint density at radius 2 is 2.22 bits per heavy atom. The Morgan fingerprint density at radius 3 is 2.89 bits per heavy atom. The van der Waals surface area contributed by atoms with Gasteiger partial charge < -0.3 is 10.5 Å². The van der Waals surface area contributed by atoms with Crippen molar-refractivity contribution >= 4 is 17.2 Å². The molecule has 0 saturated heterocycles. The topological polar surface area (TPSA) is 48.1 Å². The first kappa shape index (κ1) is 13.3. The predicted octanol–water partition coefficient (Wildman–Crippen LogP) is 2.98. The maximum Gasteiger partial charge on any atom is 0.214 e. The number of nitrogens with two attached hydrogens (primary N) is 1. The number of rotatable bonds is 3. The van der Waals surface area contributed by atoms with Crippen LogP contribution in [0.4, 0.5) is 0 Å². The van der Waals surface area contributed by atoms with Crippen molar-refractivity contribution in [3.8, 4) is 5.88 Å². The fraction of sp³-hybridized carbons (Fsp3) is 0.571. The van der Waals surface area contributed by atoms with Crippen LogP contribution in [0.5, 0.6) is 5.88 Å². The van der Waals surface area contributed by atoms with Gasteiger partial charge in [-0.25, -0.2) is 4.98 Å². The fourth-order valence-corrected chi connectivity index (χ4v) is 2.61. The van der Waals surface area contributed by atoms with Gasteiger partial charge in [0.25, 0.3) is 0 Å². The summed E-state index contributed by atoms with van der Waals surface area (Å²) in [5.74, 6) is 1.39. The van der Waals surface area contributed by atoms with Gasteiger partial charge in [-0.15, -0.1) is 0 Å². The monoisotopic (exact) mass is 264 g/mol. The Balaban J connectivity index is 2.10. The Morgan fingerprint density at radius 1 is 1.44 bits per heavy atom. The number of hydrogen-bond donors (Lipinski definition) is 1. The molecule has 98 valence electrons. The Hall–Kier alpha value is -1.16. The van der Waals surface area contributed by atoms with Crippen molar-refractivity contribution < 1.29 is 4.74 Å². The molecular formula is C14H20N2OS. The lowest BCUT2D eigenvalue weighted by atomic mass is 9.89. The van der Waals surface area contributed by atoms with E-state index in [1.165, 1.54) is 12.8 Å². The van der Waals surface area contributed by atoms with E-state index in [2.05, 4.69) is 11.9 Å². The standard InChI is InChI=1S/C14H20N2OS/c1-9-4-3-5-12(6-9)17-13-8-11(14(15)18)7-10(2)16-13/h7-9,12H,3-6H2,1-2H3,(H2,15,18). The SMILES string of the molecule is Cc1cc(C(N)=S)cc(OC2CCCC(C)C2)n1. The van der Waals surface area contributed by atoms with Crippen LogP contribution in [0.1, 0.15) is 43.9 Å². The van der Waals surface area contributed by atoms with Crippen molar-refractivity contribution in [3.63, 3.8) is 0 Å². The fourth-order valence-electron chi connectivity index (χ4n) is 2.50. The molecule has 1 aliphatic carbocycles. The molecule has 1 saturated carbocycles. The molecule has 1 aromatic rings. The lowest BCUT2D eigenvalue weighted by molar-refractivity contribution is 0.124. The summed E-state index contributed by atoms with van der Waals surface area (Å²) in [6.07, 6.45) is 5.04. The normalized spacial score (nSPS) is 23.7. The lowest BCUT2D eigenvalue weighted by Crippen LogP contribution is -2.24. The van der Waals surface area contributed by atoms with Gasteiger partial charge in [0.2, 0.25) is 5.88 Å². The van der Waals surface area contributed by atoms with E-state index in [4.69, 9.17) is 22.7 Å². The summed E-state index contributed by atoms with van der Waals surface area (Å²) in [5.41, 5.74) is 7.37. The van der Waals surface area contributed by atoms with Crippen molar-refractivity contribution in [1.82, 2.24) is 4.98 Å². The molecule has 4 heteroatoms. The van der Waals surface area contributed by atoms with E-state index in [1.54, 1.807) is 0 Å². The zero-order chi connectivity index (χ0) is 13.1. The molecule has 1 fully saturated rings. The van der Waals surface area contributed by atoms with Gasteiger partial charge in [0, 0.05) is 17.3 Å². The molecule has 0 spiro atoms. The van der Waals surface area contributed by atoms with Gasteiger partial charge in [-0.3, -0.25) is 0 Å². The molecule has 1 heterocycles. The number of ether oxygens (including phenoxy) is 1. The van der Waals surface area contributed by atoms with Gasteiger partial charge in [0.05, 0.1) is 0 Å². The quantitative estimate of drug-likeness (QED) is 0.853. The molecule has 2 N–H and O–H groups in total. The molecule has 2 unspecified atom stereocenters. The highest BCUT2D eigenvalue weighted by molar-refractivity contribution is 7.80. The van der Waals surface area contributed by atoms with E-state index in [0.29, 0.717) is 10.9 Å². The molecule has 0 bridgehead atoms. The van der Waals surface area contributed by atoms with Gasteiger partial charge >= 0.3 is 0 Å². The molecule has 0 amide bonds. The first-order chi connectivity index (χ1) is 8.54. The zero-order valence-electron chi connectivity index (χ0n) is 11.0. The minimum atomic E-state index is 0.280. The number of pyridine rings is 1. The van der Waals surface area contributed by atoms with E-state index in [-0.39, 0.29) is 6.10 Å². The molecule has 3 nitrogen and oxygen atoms in total. The minimum Gasteiger partial charge on any atom is -0.474 e. The second-order valence-electron chi connectivity index (χ2n) is 5.21. The highest BCUT2D eigenvalue weighted by atomic mass is 32.1. The van der Waals surface area contributed by atoms with E-state index < -0.39 is 0 Å². The van der Waals surface area contributed by atoms with Crippen LogP contribution in [0.3, 0.4) is 0 Å². The molecule has 2 atom stereocenters. The summed E-state index contributed by atoms with van der Waals surface area (Å²) in [5, 5.41) is 0. The first-order valence-corrected chi connectivity index (χ1v) is 6.90. The van der Waals surface area contributed by atoms with E-state index >= 15 is 0 Å². The highest BCUT2D eigenvalue weighted by Gasteiger charge is 2.20. The number of aromatic nitrogens is 1. The van der Waals surface area contributed by atoms with Crippen molar-refractivity contribution in [3.05, 3.63) is 23.4 Å². The molecule has 18 heavy (non-hydrogen) atoms. The van der Waals surface area contributed by atoms with Gasteiger partial charge in [-0.05, 0) is 38.2 Å². The van der Waals surface area contributed by atoms with Crippen LogP contribution in [-0.4, -0.2) is 16.1 Å². The number of aryl methyl sites for hydroxylation is 1. The van der Waals surface area contributed by atoms with Crippen molar-refractivity contribution in [1.29, 1.82) is 0 Å². The highest BCUT2D eigenvalue weighted by Crippen LogP contribution is 2.27. The van der Waals surface area contributed by atoms with E-state index in [1.807, 2.05) is 19.1 Å². The summed E-state index contributed by atoms with van der Waals surface area (Å²) < 4.78 is 5.97. The van der Waals surface area contributed by atoms with Crippen LogP contribution in [0, 0.1) is 12.8 Å². The van der Waals surface area contributed by atoms with Gasteiger partial charge in [-0.1, -0.05) is 25.6 Å². The van der Waals surface area contributed by atoms with Crippen molar-refractivity contribution in [2.24, 2.45) is 11.7 Å². The van der Waals surface area contributed by atoms with Crippen LogP contribution in [-0.2, 0) is 0 Å². The smallest absolute Gasteiger partial charge is 0.214 e. The summed E-state index contributed by atoms with van der Waals surface area (Å²) in [6.45, 7) is 4.21. The third kappa shape index (κ3) is 3.42. The molecule has 1 aromatic heterocycles. The molecular weight excluding hydrogens is 244 g/mol. The van der Waals surface area contributed by atoms with Crippen LogP contribution >= 0.6 is 12.2 Å².